The van der Waals surface area contributed by atoms with Crippen molar-refractivity contribution in [2.75, 3.05) is 0 Å². The maximum Gasteiger partial charge on any atom is 0.325 e. The van der Waals surface area contributed by atoms with Gasteiger partial charge in [0.15, 0.2) is 0 Å². The van der Waals surface area contributed by atoms with E-state index in [-0.39, 0.29) is 5.82 Å². The summed E-state index contributed by atoms with van der Waals surface area (Å²) in [5.41, 5.74) is 2.08. The van der Waals surface area contributed by atoms with Crippen LogP contribution < -0.4 is 5.32 Å². The second kappa shape index (κ2) is 6.68. The lowest BCUT2D eigenvalue weighted by molar-refractivity contribution is -0.138. The lowest BCUT2D eigenvalue weighted by atomic mass is 10.0. The molecule has 1 heterocycles. The predicted molar refractivity (Wildman–Crippen MR) is 91.7 cm³/mol. The number of nitrogens with zero attached hydrogens (tertiary/aromatic N) is 1. The first-order valence-corrected chi connectivity index (χ1v) is 7.65. The van der Waals surface area contributed by atoms with Gasteiger partial charge in [0.05, 0.1) is 16.8 Å². The number of carbonyl (C=O) groups is 2. The number of para-hydroxylation sites is 1. The van der Waals surface area contributed by atoms with E-state index in [9.17, 15) is 14.0 Å². The van der Waals surface area contributed by atoms with E-state index in [1.54, 1.807) is 42.5 Å². The number of amides is 1. The molecule has 2 aromatic carbocycles. The zero-order chi connectivity index (χ0) is 18.0. The summed E-state index contributed by atoms with van der Waals surface area (Å²) in [7, 11) is 0. The first-order chi connectivity index (χ1) is 12.0. The summed E-state index contributed by atoms with van der Waals surface area (Å²) in [5, 5.41) is 12.1. The number of halogens is 1. The van der Waals surface area contributed by atoms with Gasteiger partial charge in [-0.3, -0.25) is 9.59 Å². The third kappa shape index (κ3) is 3.47. The Morgan fingerprint density at radius 1 is 1.12 bits per heavy atom. The maximum absolute atomic E-state index is 13.1. The molecule has 0 saturated carbocycles. The molecule has 6 heteroatoms. The Morgan fingerprint density at radius 3 is 2.48 bits per heavy atom. The van der Waals surface area contributed by atoms with E-state index < -0.39 is 17.9 Å². The van der Waals surface area contributed by atoms with Gasteiger partial charge in [-0.15, -0.1) is 0 Å². The molecule has 0 aliphatic rings. The normalized spacial score (nSPS) is 11.9. The number of carbonyl (C=O) groups excluding carboxylic acids is 1. The summed E-state index contributed by atoms with van der Waals surface area (Å²) >= 11 is 0. The number of nitrogens with one attached hydrogen (secondary N) is 1. The number of benzene rings is 2. The standard InChI is InChI=1S/C19H15FN2O3/c1-11(19(24)25)21-18(23)15-10-17(12-6-8-13(20)9-7-12)22-16-5-3-2-4-14(15)16/h2-11H,1H3,(H,21,23)(H,24,25)/t11-/m1/s1. The molecule has 3 rings (SSSR count). The molecule has 1 atom stereocenters. The van der Waals surface area contributed by atoms with E-state index in [1.165, 1.54) is 19.1 Å². The SMILES string of the molecule is C[C@@H](NC(=O)c1cc(-c2ccc(F)cc2)nc2ccccc12)C(=O)O. The molecule has 0 saturated heterocycles. The van der Waals surface area contributed by atoms with Gasteiger partial charge in [-0.2, -0.15) is 0 Å². The number of pyridine rings is 1. The Balaban J connectivity index is 2.11. The van der Waals surface area contributed by atoms with Crippen molar-refractivity contribution in [3.8, 4) is 11.3 Å². The monoisotopic (exact) mass is 338 g/mol. The summed E-state index contributed by atoms with van der Waals surface area (Å²) in [4.78, 5) is 28.1. The van der Waals surface area contributed by atoms with Crippen LogP contribution in [-0.4, -0.2) is 28.0 Å². The average Bonchev–Trinajstić information content (AvgIpc) is 2.61. The molecule has 25 heavy (non-hydrogen) atoms. The van der Waals surface area contributed by atoms with E-state index in [0.29, 0.717) is 27.7 Å². The van der Waals surface area contributed by atoms with Gasteiger partial charge in [-0.05, 0) is 43.3 Å². The highest BCUT2D eigenvalue weighted by Crippen LogP contribution is 2.25. The summed E-state index contributed by atoms with van der Waals surface area (Å²) in [6.07, 6.45) is 0. The highest BCUT2D eigenvalue weighted by Gasteiger charge is 2.18. The van der Waals surface area contributed by atoms with E-state index >= 15 is 0 Å². The van der Waals surface area contributed by atoms with Gasteiger partial charge in [-0.1, -0.05) is 18.2 Å². The van der Waals surface area contributed by atoms with Crippen LogP contribution in [0.1, 0.15) is 17.3 Å². The lowest BCUT2D eigenvalue weighted by Gasteiger charge is -2.12. The van der Waals surface area contributed by atoms with Gasteiger partial charge in [0.1, 0.15) is 11.9 Å². The van der Waals surface area contributed by atoms with Gasteiger partial charge in [-0.25, -0.2) is 9.37 Å². The molecule has 1 aromatic heterocycles. The summed E-state index contributed by atoms with van der Waals surface area (Å²) in [6, 6.07) is 13.4. The van der Waals surface area contributed by atoms with E-state index in [0.717, 1.165) is 0 Å². The minimum absolute atomic E-state index is 0.318. The van der Waals surface area contributed by atoms with Crippen molar-refractivity contribution in [2.24, 2.45) is 0 Å². The molecule has 0 fully saturated rings. The largest absolute Gasteiger partial charge is 0.480 e. The van der Waals surface area contributed by atoms with Crippen LogP contribution in [0.2, 0.25) is 0 Å². The van der Waals surface area contributed by atoms with Gasteiger partial charge in [0.2, 0.25) is 0 Å². The topological polar surface area (TPSA) is 79.3 Å². The first-order valence-electron chi connectivity index (χ1n) is 7.65. The number of hydrogen-bond donors (Lipinski definition) is 2. The van der Waals surface area contributed by atoms with Gasteiger partial charge >= 0.3 is 5.97 Å². The van der Waals surface area contributed by atoms with Crippen molar-refractivity contribution in [1.82, 2.24) is 10.3 Å². The number of carboxylic acid groups (broad SMARTS) is 1. The smallest absolute Gasteiger partial charge is 0.325 e. The highest BCUT2D eigenvalue weighted by atomic mass is 19.1. The van der Waals surface area contributed by atoms with Gasteiger partial charge in [0.25, 0.3) is 5.91 Å². The fraction of sp³-hybridized carbons (Fsp3) is 0.105. The molecule has 5 nitrogen and oxygen atoms in total. The first kappa shape index (κ1) is 16.6. The third-order valence-corrected chi connectivity index (χ3v) is 3.82. The molecule has 0 aliphatic carbocycles. The third-order valence-electron chi connectivity index (χ3n) is 3.82. The van der Waals surface area contributed by atoms with Crippen LogP contribution in [0.3, 0.4) is 0 Å². The minimum Gasteiger partial charge on any atom is -0.480 e. The van der Waals surface area contributed by atoms with Gasteiger partial charge < -0.3 is 10.4 Å². The summed E-state index contributed by atoms with van der Waals surface area (Å²) in [6.45, 7) is 1.39. The van der Waals surface area contributed by atoms with Crippen LogP contribution >= 0.6 is 0 Å². The quantitative estimate of drug-likeness (QED) is 0.765. The Morgan fingerprint density at radius 2 is 1.80 bits per heavy atom. The van der Waals surface area contributed by atoms with Gasteiger partial charge in [0, 0.05) is 10.9 Å². The fourth-order valence-electron chi connectivity index (χ4n) is 2.47. The van der Waals surface area contributed by atoms with Crippen LogP contribution in [-0.2, 0) is 4.79 Å². The number of fused-ring (bicyclic) bond motifs is 1. The molecule has 0 radical (unpaired) electrons. The Labute approximate surface area is 143 Å². The van der Waals surface area contributed by atoms with Crippen LogP contribution in [0.5, 0.6) is 0 Å². The molecular weight excluding hydrogens is 323 g/mol. The van der Waals surface area contributed by atoms with Crippen molar-refractivity contribution in [2.45, 2.75) is 13.0 Å². The van der Waals surface area contributed by atoms with Crippen molar-refractivity contribution in [1.29, 1.82) is 0 Å². The fourth-order valence-corrected chi connectivity index (χ4v) is 2.47. The Hall–Kier alpha value is -3.28. The molecule has 0 bridgehead atoms. The number of hydrogen-bond acceptors (Lipinski definition) is 3. The van der Waals surface area contributed by atoms with Crippen molar-refractivity contribution in [3.63, 3.8) is 0 Å². The van der Waals surface area contributed by atoms with Crippen LogP contribution in [0.4, 0.5) is 4.39 Å². The lowest BCUT2D eigenvalue weighted by Crippen LogP contribution is -2.38. The molecule has 3 aromatic rings. The van der Waals surface area contributed by atoms with E-state index in [4.69, 9.17) is 5.11 Å². The number of carboxylic acids is 1. The van der Waals surface area contributed by atoms with E-state index in [2.05, 4.69) is 10.3 Å². The van der Waals surface area contributed by atoms with Crippen molar-refractivity contribution in [3.05, 3.63) is 66.0 Å². The molecule has 126 valence electrons. The summed E-state index contributed by atoms with van der Waals surface area (Å²) < 4.78 is 13.1. The molecule has 1 amide bonds. The number of aromatic nitrogens is 1. The molecule has 0 aliphatic heterocycles. The van der Waals surface area contributed by atoms with Crippen LogP contribution in [0.15, 0.2) is 54.6 Å². The molecule has 0 spiro atoms. The Bertz CT molecular complexity index is 955. The molecule has 0 unspecified atom stereocenters. The zero-order valence-corrected chi connectivity index (χ0v) is 13.4. The number of aliphatic carboxylic acids is 1. The van der Waals surface area contributed by atoms with E-state index in [1.807, 2.05) is 0 Å². The van der Waals surface area contributed by atoms with Crippen LogP contribution in [0, 0.1) is 5.82 Å². The highest BCUT2D eigenvalue weighted by molar-refractivity contribution is 6.08. The zero-order valence-electron chi connectivity index (χ0n) is 13.4. The van der Waals surface area contributed by atoms with Crippen molar-refractivity contribution < 1.29 is 19.1 Å². The second-order valence-corrected chi connectivity index (χ2v) is 5.61. The molecule has 2 N–H and O–H groups in total. The Kier molecular flexibility index (Phi) is 4.43. The average molecular weight is 338 g/mol. The van der Waals surface area contributed by atoms with Crippen molar-refractivity contribution >= 4 is 22.8 Å². The van der Waals surface area contributed by atoms with Crippen LogP contribution in [0.25, 0.3) is 22.2 Å². The predicted octanol–water partition coefficient (Wildman–Crippen LogP) is 3.24. The number of rotatable bonds is 4. The molecular formula is C19H15FN2O3. The summed E-state index contributed by atoms with van der Waals surface area (Å²) in [5.74, 6) is -1.99. The second-order valence-electron chi connectivity index (χ2n) is 5.61. The maximum atomic E-state index is 13.1. The minimum atomic E-state index is -1.12.